The van der Waals surface area contributed by atoms with Crippen LogP contribution >= 0.6 is 27.3 Å². The van der Waals surface area contributed by atoms with Gasteiger partial charge >= 0.3 is 0 Å². The summed E-state index contributed by atoms with van der Waals surface area (Å²) >= 11 is 4.67. The molecule has 0 spiro atoms. The monoisotopic (exact) mass is 467 g/mol. The van der Waals surface area contributed by atoms with Crippen LogP contribution in [-0.4, -0.2) is 16.1 Å². The Hall–Kier alpha value is -2.84. The van der Waals surface area contributed by atoms with E-state index in [4.69, 9.17) is 4.42 Å². The summed E-state index contributed by atoms with van der Waals surface area (Å²) in [5, 5.41) is 8.83. The molecule has 8 heteroatoms. The van der Waals surface area contributed by atoms with Crippen LogP contribution in [0.3, 0.4) is 0 Å². The second kappa shape index (κ2) is 6.60. The lowest BCUT2D eigenvalue weighted by atomic mass is 9.98. The van der Waals surface area contributed by atoms with Gasteiger partial charge in [0.25, 0.3) is 5.91 Å². The molecule has 1 aliphatic rings. The number of aryl methyl sites for hydroxylation is 2. The van der Waals surface area contributed by atoms with E-state index >= 15 is 0 Å². The van der Waals surface area contributed by atoms with Crippen molar-refractivity contribution in [3.63, 3.8) is 0 Å². The third kappa shape index (κ3) is 2.74. The Kier molecular flexibility index (Phi) is 4.15. The highest BCUT2D eigenvalue weighted by Crippen LogP contribution is 2.41. The van der Waals surface area contributed by atoms with Crippen LogP contribution in [0.2, 0.25) is 0 Å². The molecule has 4 aromatic rings. The Morgan fingerprint density at radius 3 is 2.52 bits per heavy atom. The lowest BCUT2D eigenvalue weighted by molar-refractivity contribution is 0.0970. The van der Waals surface area contributed by atoms with E-state index in [1.54, 1.807) is 5.51 Å². The fourth-order valence-electron chi connectivity index (χ4n) is 3.66. The molecule has 0 fully saturated rings. The van der Waals surface area contributed by atoms with Crippen molar-refractivity contribution in [3.05, 3.63) is 84.6 Å². The number of aromatic nitrogens is 2. The lowest BCUT2D eigenvalue weighted by Crippen LogP contribution is -2.29. The van der Waals surface area contributed by atoms with Crippen LogP contribution < -0.4 is 10.3 Å². The van der Waals surface area contributed by atoms with E-state index in [0.29, 0.717) is 21.7 Å². The van der Waals surface area contributed by atoms with Gasteiger partial charge in [-0.2, -0.15) is 0 Å². The first-order valence-electron chi connectivity index (χ1n) is 8.89. The minimum atomic E-state index is -0.624. The van der Waals surface area contributed by atoms with Gasteiger partial charge in [-0.15, -0.1) is 10.2 Å². The quantitative estimate of drug-likeness (QED) is 0.424. The SMILES string of the molecule is Cc1cc2oc3c(c(=O)c2cc1C)C(c1ccc(Br)cc1)N(c1nncs1)C3=O. The Morgan fingerprint density at radius 1 is 1.10 bits per heavy atom. The molecule has 2 aromatic heterocycles. The predicted molar refractivity (Wildman–Crippen MR) is 115 cm³/mol. The molecule has 2 aromatic carbocycles. The Morgan fingerprint density at radius 2 is 1.83 bits per heavy atom. The molecule has 1 aliphatic heterocycles. The molecule has 0 radical (unpaired) electrons. The molecule has 0 bridgehead atoms. The van der Waals surface area contributed by atoms with Crippen molar-refractivity contribution in [1.29, 1.82) is 0 Å². The van der Waals surface area contributed by atoms with Crippen molar-refractivity contribution in [3.8, 4) is 0 Å². The number of anilines is 1. The van der Waals surface area contributed by atoms with Gasteiger partial charge in [-0.05, 0) is 54.8 Å². The second-order valence-electron chi connectivity index (χ2n) is 6.96. The number of nitrogens with zero attached hydrogens (tertiary/aromatic N) is 3. The van der Waals surface area contributed by atoms with Crippen molar-refractivity contribution in [1.82, 2.24) is 10.2 Å². The molecule has 1 atom stereocenters. The van der Waals surface area contributed by atoms with E-state index in [-0.39, 0.29) is 17.1 Å². The van der Waals surface area contributed by atoms with Crippen molar-refractivity contribution >= 4 is 49.3 Å². The topological polar surface area (TPSA) is 76.3 Å². The molecule has 0 N–H and O–H groups in total. The standard InChI is InChI=1S/C21H14BrN3O3S/c1-10-7-14-15(8-11(10)2)28-19-16(18(14)26)17(12-3-5-13(22)6-4-12)25(20(19)27)21-24-23-9-29-21/h3-9,17H,1-2H3. The molecule has 144 valence electrons. The Bertz CT molecular complexity index is 1330. The minimum Gasteiger partial charge on any atom is -0.450 e. The summed E-state index contributed by atoms with van der Waals surface area (Å²) in [7, 11) is 0. The predicted octanol–water partition coefficient (Wildman–Crippen LogP) is 4.77. The molecular formula is C21H14BrN3O3S. The Labute approximate surface area is 177 Å². The average molecular weight is 468 g/mol. The van der Waals surface area contributed by atoms with Gasteiger partial charge in [-0.1, -0.05) is 39.4 Å². The van der Waals surface area contributed by atoms with E-state index in [2.05, 4.69) is 26.1 Å². The fraction of sp³-hybridized carbons (Fsp3) is 0.143. The van der Waals surface area contributed by atoms with Gasteiger partial charge in [0.1, 0.15) is 11.1 Å². The summed E-state index contributed by atoms with van der Waals surface area (Å²) < 4.78 is 6.90. The van der Waals surface area contributed by atoms with Gasteiger partial charge in [-0.25, -0.2) is 0 Å². The number of carbonyl (C=O) groups is 1. The minimum absolute atomic E-state index is 0.0638. The van der Waals surface area contributed by atoms with Crippen LogP contribution in [0, 0.1) is 13.8 Å². The van der Waals surface area contributed by atoms with Crippen molar-refractivity contribution < 1.29 is 9.21 Å². The van der Waals surface area contributed by atoms with E-state index in [0.717, 1.165) is 21.2 Å². The number of rotatable bonds is 2. The van der Waals surface area contributed by atoms with Crippen LogP contribution in [0.25, 0.3) is 11.0 Å². The number of benzene rings is 2. The molecular weight excluding hydrogens is 454 g/mol. The lowest BCUT2D eigenvalue weighted by Gasteiger charge is -2.22. The number of amides is 1. The molecule has 0 saturated carbocycles. The van der Waals surface area contributed by atoms with E-state index in [9.17, 15) is 9.59 Å². The molecule has 0 saturated heterocycles. The summed E-state index contributed by atoms with van der Waals surface area (Å²) in [4.78, 5) is 28.3. The van der Waals surface area contributed by atoms with E-state index in [1.165, 1.54) is 16.2 Å². The van der Waals surface area contributed by atoms with Gasteiger partial charge in [-0.3, -0.25) is 14.5 Å². The summed E-state index contributed by atoms with van der Waals surface area (Å²) in [6.45, 7) is 3.90. The van der Waals surface area contributed by atoms with Crippen LogP contribution in [0.4, 0.5) is 5.13 Å². The van der Waals surface area contributed by atoms with E-state index in [1.807, 2.05) is 50.2 Å². The maximum absolute atomic E-state index is 13.5. The van der Waals surface area contributed by atoms with Crippen LogP contribution in [-0.2, 0) is 0 Å². The first-order chi connectivity index (χ1) is 14.0. The number of fused-ring (bicyclic) bond motifs is 2. The molecule has 0 aliphatic carbocycles. The van der Waals surface area contributed by atoms with Crippen LogP contribution in [0.5, 0.6) is 0 Å². The van der Waals surface area contributed by atoms with Crippen molar-refractivity contribution in [2.45, 2.75) is 19.9 Å². The molecule has 6 nitrogen and oxygen atoms in total. The van der Waals surface area contributed by atoms with Gasteiger partial charge in [0.05, 0.1) is 17.0 Å². The van der Waals surface area contributed by atoms with Crippen molar-refractivity contribution in [2.24, 2.45) is 0 Å². The summed E-state index contributed by atoms with van der Waals surface area (Å²) in [5.41, 5.74) is 4.90. The van der Waals surface area contributed by atoms with Crippen LogP contribution in [0.1, 0.15) is 38.9 Å². The van der Waals surface area contributed by atoms with Crippen LogP contribution in [0.15, 0.2) is 55.6 Å². The molecule has 1 amide bonds. The fourth-order valence-corrected chi connectivity index (χ4v) is 4.51. The summed E-state index contributed by atoms with van der Waals surface area (Å²) in [5.74, 6) is -0.323. The smallest absolute Gasteiger partial charge is 0.297 e. The number of hydrogen-bond acceptors (Lipinski definition) is 6. The highest BCUT2D eigenvalue weighted by molar-refractivity contribution is 9.10. The van der Waals surface area contributed by atoms with Crippen molar-refractivity contribution in [2.75, 3.05) is 4.90 Å². The normalized spacial score (nSPS) is 15.9. The zero-order valence-electron chi connectivity index (χ0n) is 15.5. The largest absolute Gasteiger partial charge is 0.450 e. The van der Waals surface area contributed by atoms with Gasteiger partial charge in [0, 0.05) is 4.47 Å². The average Bonchev–Trinajstić information content (AvgIpc) is 3.31. The maximum Gasteiger partial charge on any atom is 0.297 e. The van der Waals surface area contributed by atoms with Gasteiger partial charge in [0.2, 0.25) is 10.9 Å². The third-order valence-electron chi connectivity index (χ3n) is 5.23. The maximum atomic E-state index is 13.5. The molecule has 1 unspecified atom stereocenters. The third-order valence-corrected chi connectivity index (χ3v) is 6.44. The van der Waals surface area contributed by atoms with E-state index < -0.39 is 6.04 Å². The zero-order chi connectivity index (χ0) is 20.3. The number of hydrogen-bond donors (Lipinski definition) is 0. The number of carbonyl (C=O) groups excluding carboxylic acids is 1. The highest BCUT2D eigenvalue weighted by Gasteiger charge is 2.44. The second-order valence-corrected chi connectivity index (χ2v) is 8.68. The molecule has 29 heavy (non-hydrogen) atoms. The Balaban J connectivity index is 1.84. The summed E-state index contributed by atoms with van der Waals surface area (Å²) in [6.07, 6.45) is 0. The first-order valence-corrected chi connectivity index (χ1v) is 10.6. The molecule has 3 heterocycles. The first kappa shape index (κ1) is 18.2. The number of halogens is 1. The zero-order valence-corrected chi connectivity index (χ0v) is 17.9. The molecule has 5 rings (SSSR count). The van der Waals surface area contributed by atoms with Gasteiger partial charge in [0.15, 0.2) is 5.43 Å². The highest BCUT2D eigenvalue weighted by atomic mass is 79.9. The summed E-state index contributed by atoms with van der Waals surface area (Å²) in [6, 6.07) is 10.5. The van der Waals surface area contributed by atoms with Gasteiger partial charge < -0.3 is 4.42 Å².